The van der Waals surface area contributed by atoms with Crippen molar-refractivity contribution in [3.8, 4) is 5.75 Å². The first-order chi connectivity index (χ1) is 16.0. The molecule has 0 N–H and O–H groups in total. The number of aromatic nitrogens is 3. The van der Waals surface area contributed by atoms with Gasteiger partial charge in [-0.1, -0.05) is 12.5 Å². The van der Waals surface area contributed by atoms with Gasteiger partial charge in [0.05, 0.1) is 18.7 Å². The topological polar surface area (TPSA) is 80.6 Å². The SMILES string of the molecule is COc1ccc(C)cc1N1CC(C(=O)N2CCCC(c3nnc4n3CCCCC4)C2)CC1=O. The zero-order valence-corrected chi connectivity index (χ0v) is 19.6. The minimum atomic E-state index is -0.322. The monoisotopic (exact) mass is 451 g/mol. The van der Waals surface area contributed by atoms with Crippen molar-refractivity contribution >= 4 is 17.5 Å². The average molecular weight is 452 g/mol. The molecule has 1 aromatic heterocycles. The number of anilines is 1. The van der Waals surface area contributed by atoms with Crippen LogP contribution in [0.15, 0.2) is 18.2 Å². The van der Waals surface area contributed by atoms with Gasteiger partial charge in [0.1, 0.15) is 17.4 Å². The molecule has 2 amide bonds. The van der Waals surface area contributed by atoms with Crippen molar-refractivity contribution in [3.63, 3.8) is 0 Å². The predicted molar refractivity (Wildman–Crippen MR) is 124 cm³/mol. The molecule has 8 nitrogen and oxygen atoms in total. The van der Waals surface area contributed by atoms with Crippen LogP contribution in [0.1, 0.15) is 61.7 Å². The third-order valence-corrected chi connectivity index (χ3v) is 7.34. The molecule has 3 aliphatic rings. The number of aryl methyl sites for hydroxylation is 2. The van der Waals surface area contributed by atoms with Crippen molar-refractivity contribution in [2.75, 3.05) is 31.6 Å². The molecule has 0 spiro atoms. The number of carbonyl (C=O) groups excluding carboxylic acids is 2. The fraction of sp³-hybridized carbons (Fsp3) is 0.600. The molecule has 4 heterocycles. The molecular formula is C25H33N5O3. The maximum absolute atomic E-state index is 13.5. The van der Waals surface area contributed by atoms with E-state index in [1.807, 2.05) is 30.0 Å². The van der Waals surface area contributed by atoms with Crippen molar-refractivity contribution in [2.45, 2.75) is 64.3 Å². The predicted octanol–water partition coefficient (Wildman–Crippen LogP) is 3.08. The Balaban J connectivity index is 1.30. The molecule has 2 fully saturated rings. The lowest BCUT2D eigenvalue weighted by Gasteiger charge is -2.34. The molecule has 0 aliphatic carbocycles. The number of likely N-dealkylation sites (tertiary alicyclic amines) is 1. The summed E-state index contributed by atoms with van der Waals surface area (Å²) >= 11 is 0. The molecular weight excluding hydrogens is 418 g/mol. The van der Waals surface area contributed by atoms with Gasteiger partial charge in [-0.2, -0.15) is 0 Å². The lowest BCUT2D eigenvalue weighted by molar-refractivity contribution is -0.137. The summed E-state index contributed by atoms with van der Waals surface area (Å²) in [7, 11) is 1.61. The summed E-state index contributed by atoms with van der Waals surface area (Å²) in [5.41, 5.74) is 1.81. The highest BCUT2D eigenvalue weighted by Crippen LogP contribution is 2.35. The highest BCUT2D eigenvalue weighted by atomic mass is 16.5. The smallest absolute Gasteiger partial charge is 0.228 e. The summed E-state index contributed by atoms with van der Waals surface area (Å²) in [5.74, 6) is 2.75. The number of amides is 2. The van der Waals surface area contributed by atoms with Crippen LogP contribution in [0.2, 0.25) is 0 Å². The Kier molecular flexibility index (Phi) is 6.08. The van der Waals surface area contributed by atoms with Gasteiger partial charge in [0, 0.05) is 44.9 Å². The standard InChI is InChI=1S/C25H33N5O3/c1-17-9-10-21(33-2)20(13-17)30-16-19(14-23(30)31)25(32)28-11-6-7-18(15-28)24-27-26-22-8-4-3-5-12-29(22)24/h9-10,13,18-19H,3-8,11-12,14-16H2,1-2H3. The number of fused-ring (bicyclic) bond motifs is 1. The van der Waals surface area contributed by atoms with Gasteiger partial charge < -0.3 is 19.1 Å². The van der Waals surface area contributed by atoms with Crippen LogP contribution < -0.4 is 9.64 Å². The van der Waals surface area contributed by atoms with Crippen molar-refractivity contribution in [1.29, 1.82) is 0 Å². The van der Waals surface area contributed by atoms with Crippen LogP contribution in [0, 0.1) is 12.8 Å². The van der Waals surface area contributed by atoms with Crippen molar-refractivity contribution < 1.29 is 14.3 Å². The van der Waals surface area contributed by atoms with E-state index in [-0.39, 0.29) is 30.1 Å². The third kappa shape index (κ3) is 4.23. The minimum absolute atomic E-state index is 0.0198. The van der Waals surface area contributed by atoms with Crippen molar-refractivity contribution in [2.24, 2.45) is 5.92 Å². The molecule has 0 bridgehead atoms. The summed E-state index contributed by atoms with van der Waals surface area (Å²) in [6, 6.07) is 5.80. The van der Waals surface area contributed by atoms with Gasteiger partial charge in [-0.3, -0.25) is 9.59 Å². The minimum Gasteiger partial charge on any atom is -0.495 e. The number of rotatable bonds is 4. The van der Waals surface area contributed by atoms with Gasteiger partial charge in [0.15, 0.2) is 0 Å². The quantitative estimate of drug-likeness (QED) is 0.714. The Morgan fingerprint density at radius 2 is 1.97 bits per heavy atom. The van der Waals surface area contributed by atoms with E-state index in [1.54, 1.807) is 12.0 Å². The van der Waals surface area contributed by atoms with Gasteiger partial charge >= 0.3 is 0 Å². The van der Waals surface area contributed by atoms with Crippen LogP contribution in [0.3, 0.4) is 0 Å². The Labute approximate surface area is 194 Å². The van der Waals surface area contributed by atoms with E-state index in [4.69, 9.17) is 4.74 Å². The van der Waals surface area contributed by atoms with Gasteiger partial charge in [0.2, 0.25) is 11.8 Å². The first-order valence-electron chi connectivity index (χ1n) is 12.2. The summed E-state index contributed by atoms with van der Waals surface area (Å²) in [4.78, 5) is 30.0. The third-order valence-electron chi connectivity index (χ3n) is 7.34. The number of carbonyl (C=O) groups is 2. The second-order valence-electron chi connectivity index (χ2n) is 9.64. The molecule has 33 heavy (non-hydrogen) atoms. The van der Waals surface area contributed by atoms with E-state index in [2.05, 4.69) is 14.8 Å². The normalized spacial score (nSPS) is 23.4. The molecule has 2 saturated heterocycles. The molecule has 8 heteroatoms. The first-order valence-corrected chi connectivity index (χ1v) is 12.2. The van der Waals surface area contributed by atoms with Crippen LogP contribution >= 0.6 is 0 Å². The highest BCUT2D eigenvalue weighted by molar-refractivity contribution is 6.01. The number of nitrogens with zero attached hydrogens (tertiary/aromatic N) is 5. The molecule has 2 atom stereocenters. The molecule has 0 radical (unpaired) electrons. The number of hydrogen-bond acceptors (Lipinski definition) is 5. The molecule has 2 unspecified atom stereocenters. The lowest BCUT2D eigenvalue weighted by atomic mass is 9.95. The molecule has 0 saturated carbocycles. The largest absolute Gasteiger partial charge is 0.495 e. The van der Waals surface area contributed by atoms with E-state index in [0.717, 1.165) is 61.7 Å². The van der Waals surface area contributed by atoms with E-state index in [9.17, 15) is 9.59 Å². The van der Waals surface area contributed by atoms with Crippen molar-refractivity contribution in [3.05, 3.63) is 35.4 Å². The zero-order chi connectivity index (χ0) is 22.9. The summed E-state index contributed by atoms with van der Waals surface area (Å²) < 4.78 is 7.78. The van der Waals surface area contributed by atoms with Crippen LogP contribution in [0.25, 0.3) is 0 Å². The summed E-state index contributed by atoms with van der Waals surface area (Å²) in [6.45, 7) is 4.78. The molecule has 1 aromatic carbocycles. The van der Waals surface area contributed by atoms with Crippen LogP contribution in [-0.4, -0.2) is 58.2 Å². The van der Waals surface area contributed by atoms with E-state index >= 15 is 0 Å². The summed E-state index contributed by atoms with van der Waals surface area (Å²) in [6.07, 6.45) is 6.78. The Morgan fingerprint density at radius 3 is 2.82 bits per heavy atom. The van der Waals surface area contributed by atoms with Crippen LogP contribution in [-0.2, 0) is 22.6 Å². The molecule has 176 valence electrons. The van der Waals surface area contributed by atoms with Gasteiger partial charge in [-0.15, -0.1) is 10.2 Å². The number of hydrogen-bond donors (Lipinski definition) is 0. The zero-order valence-electron chi connectivity index (χ0n) is 19.6. The molecule has 2 aromatic rings. The van der Waals surface area contributed by atoms with Gasteiger partial charge in [-0.05, 0) is 50.3 Å². The fourth-order valence-electron chi connectivity index (χ4n) is 5.57. The maximum Gasteiger partial charge on any atom is 0.228 e. The average Bonchev–Trinajstić information content (AvgIpc) is 3.34. The highest BCUT2D eigenvalue weighted by Gasteiger charge is 2.40. The molecule has 5 rings (SSSR count). The Bertz CT molecular complexity index is 1050. The van der Waals surface area contributed by atoms with E-state index < -0.39 is 0 Å². The second-order valence-corrected chi connectivity index (χ2v) is 9.64. The van der Waals surface area contributed by atoms with E-state index in [0.29, 0.717) is 18.8 Å². The number of piperidine rings is 1. The van der Waals surface area contributed by atoms with E-state index in [1.165, 1.54) is 12.8 Å². The van der Waals surface area contributed by atoms with Crippen LogP contribution in [0.4, 0.5) is 5.69 Å². The van der Waals surface area contributed by atoms with Crippen LogP contribution in [0.5, 0.6) is 5.75 Å². The number of ether oxygens (including phenoxy) is 1. The number of benzene rings is 1. The first kappa shape index (κ1) is 21.9. The Hall–Kier alpha value is -2.90. The number of methoxy groups -OCH3 is 1. The maximum atomic E-state index is 13.5. The van der Waals surface area contributed by atoms with Gasteiger partial charge in [0.25, 0.3) is 0 Å². The Morgan fingerprint density at radius 1 is 1.09 bits per heavy atom. The fourth-order valence-corrected chi connectivity index (χ4v) is 5.57. The summed E-state index contributed by atoms with van der Waals surface area (Å²) in [5, 5.41) is 9.01. The van der Waals surface area contributed by atoms with Crippen molar-refractivity contribution in [1.82, 2.24) is 19.7 Å². The molecule has 3 aliphatic heterocycles. The lowest BCUT2D eigenvalue weighted by Crippen LogP contribution is -2.43. The second kappa shape index (κ2) is 9.15. The van der Waals surface area contributed by atoms with Gasteiger partial charge in [-0.25, -0.2) is 0 Å².